The first-order valence-electron chi connectivity index (χ1n) is 3.53. The SMILES string of the molecule is B1CCc2ccccc21. The van der Waals surface area contributed by atoms with E-state index in [2.05, 4.69) is 24.3 Å². The van der Waals surface area contributed by atoms with Crippen molar-refractivity contribution in [2.24, 2.45) is 0 Å². The highest BCUT2D eigenvalue weighted by Crippen LogP contribution is 2.06. The molecule has 0 atom stereocenters. The fourth-order valence-electron chi connectivity index (χ4n) is 1.51. The minimum atomic E-state index is 1.30. The van der Waals surface area contributed by atoms with Crippen LogP contribution < -0.4 is 5.46 Å². The van der Waals surface area contributed by atoms with Gasteiger partial charge in [-0.3, -0.25) is 0 Å². The average Bonchev–Trinajstić information content (AvgIpc) is 2.33. The fourth-order valence-corrected chi connectivity index (χ4v) is 1.51. The molecule has 9 heavy (non-hydrogen) atoms. The summed E-state index contributed by atoms with van der Waals surface area (Å²) in [4.78, 5) is 0. The summed E-state index contributed by atoms with van der Waals surface area (Å²) in [6.07, 6.45) is 2.66. The Morgan fingerprint density at radius 3 is 3.00 bits per heavy atom. The van der Waals surface area contributed by atoms with E-state index in [1.807, 2.05) is 0 Å². The quantitative estimate of drug-likeness (QED) is 0.438. The number of aryl methyl sites for hydroxylation is 1. The first-order chi connectivity index (χ1) is 4.47. The fraction of sp³-hybridized carbons (Fsp3) is 0.250. The lowest BCUT2D eigenvalue weighted by Gasteiger charge is -1.93. The van der Waals surface area contributed by atoms with Gasteiger partial charge in [0.25, 0.3) is 0 Å². The lowest BCUT2D eigenvalue weighted by atomic mass is 9.72. The third-order valence-electron chi connectivity index (χ3n) is 2.01. The molecular weight excluding hydrogens is 107 g/mol. The van der Waals surface area contributed by atoms with Gasteiger partial charge in [0, 0.05) is 0 Å². The predicted molar refractivity (Wildman–Crippen MR) is 41.7 cm³/mol. The van der Waals surface area contributed by atoms with Gasteiger partial charge >= 0.3 is 0 Å². The van der Waals surface area contributed by atoms with Gasteiger partial charge in [0.15, 0.2) is 7.28 Å². The van der Waals surface area contributed by atoms with Gasteiger partial charge in [0.2, 0.25) is 0 Å². The zero-order valence-electron chi connectivity index (χ0n) is 5.43. The third kappa shape index (κ3) is 0.767. The highest BCUT2D eigenvalue weighted by molar-refractivity contribution is 6.55. The molecule has 0 unspecified atom stereocenters. The molecule has 1 aromatic rings. The Morgan fingerprint density at radius 1 is 1.22 bits per heavy atom. The van der Waals surface area contributed by atoms with Crippen LogP contribution in [0, 0.1) is 0 Å². The first-order valence-corrected chi connectivity index (χ1v) is 3.53. The van der Waals surface area contributed by atoms with Gasteiger partial charge in [-0.1, -0.05) is 41.6 Å². The molecule has 1 heterocycles. The van der Waals surface area contributed by atoms with Crippen LogP contribution in [-0.4, -0.2) is 7.28 Å². The van der Waals surface area contributed by atoms with Crippen LogP contribution in [0.25, 0.3) is 0 Å². The van der Waals surface area contributed by atoms with Crippen molar-refractivity contribution in [2.45, 2.75) is 12.7 Å². The molecule has 0 N–H and O–H groups in total. The van der Waals surface area contributed by atoms with Crippen molar-refractivity contribution in [1.82, 2.24) is 0 Å². The Kier molecular flexibility index (Phi) is 1.08. The lowest BCUT2D eigenvalue weighted by Crippen LogP contribution is -2.08. The van der Waals surface area contributed by atoms with Crippen molar-refractivity contribution in [3.05, 3.63) is 29.8 Å². The number of hydrogen-bond acceptors (Lipinski definition) is 0. The molecule has 0 saturated heterocycles. The van der Waals surface area contributed by atoms with E-state index in [4.69, 9.17) is 0 Å². The van der Waals surface area contributed by atoms with Gasteiger partial charge < -0.3 is 0 Å². The van der Waals surface area contributed by atoms with E-state index < -0.39 is 0 Å². The number of rotatable bonds is 0. The molecule has 0 bridgehead atoms. The topological polar surface area (TPSA) is 0 Å². The summed E-state index contributed by atoms with van der Waals surface area (Å²) in [6.45, 7) is 0. The standard InChI is InChI=1S/C8H9B/c1-2-4-8-7(3-1)5-6-9-8/h1-4,9H,5-6H2. The Labute approximate surface area is 56.1 Å². The van der Waals surface area contributed by atoms with Crippen LogP contribution in [0.1, 0.15) is 5.56 Å². The van der Waals surface area contributed by atoms with Crippen LogP contribution in [0.2, 0.25) is 6.32 Å². The maximum Gasteiger partial charge on any atom is 0.158 e. The minimum Gasteiger partial charge on any atom is -0.0814 e. The zero-order chi connectivity index (χ0) is 6.10. The first kappa shape index (κ1) is 5.10. The van der Waals surface area contributed by atoms with Gasteiger partial charge in [-0.2, -0.15) is 0 Å². The molecule has 1 aliphatic heterocycles. The summed E-state index contributed by atoms with van der Waals surface area (Å²) >= 11 is 0. The van der Waals surface area contributed by atoms with Crippen molar-refractivity contribution in [3.63, 3.8) is 0 Å². The molecule has 0 spiro atoms. The summed E-state index contributed by atoms with van der Waals surface area (Å²) in [5.74, 6) is 0. The molecule has 0 saturated carbocycles. The van der Waals surface area contributed by atoms with E-state index in [-0.39, 0.29) is 0 Å². The summed E-state index contributed by atoms with van der Waals surface area (Å²) in [5.41, 5.74) is 3.13. The van der Waals surface area contributed by atoms with E-state index in [0.717, 1.165) is 0 Å². The van der Waals surface area contributed by atoms with Crippen LogP contribution in [0.15, 0.2) is 24.3 Å². The molecule has 1 aliphatic rings. The zero-order valence-corrected chi connectivity index (χ0v) is 5.43. The highest BCUT2D eigenvalue weighted by atomic mass is 14.0. The van der Waals surface area contributed by atoms with Gasteiger partial charge in [0.05, 0.1) is 0 Å². The number of hydrogen-bond donors (Lipinski definition) is 0. The van der Waals surface area contributed by atoms with E-state index in [0.29, 0.717) is 0 Å². The van der Waals surface area contributed by atoms with E-state index >= 15 is 0 Å². The highest BCUT2D eigenvalue weighted by Gasteiger charge is 2.08. The molecule has 0 aliphatic carbocycles. The van der Waals surface area contributed by atoms with E-state index in [9.17, 15) is 0 Å². The van der Waals surface area contributed by atoms with Crippen molar-refractivity contribution in [3.8, 4) is 0 Å². The van der Waals surface area contributed by atoms with E-state index in [1.165, 1.54) is 20.0 Å². The van der Waals surface area contributed by atoms with Crippen molar-refractivity contribution < 1.29 is 0 Å². The summed E-state index contributed by atoms with van der Waals surface area (Å²) in [6, 6.07) is 8.74. The molecular formula is C8H9B. The van der Waals surface area contributed by atoms with Gasteiger partial charge in [0.1, 0.15) is 0 Å². The molecule has 0 nitrogen and oxygen atoms in total. The largest absolute Gasteiger partial charge is 0.158 e. The second-order valence-electron chi connectivity index (χ2n) is 2.62. The average molecular weight is 116 g/mol. The van der Waals surface area contributed by atoms with Gasteiger partial charge in [-0.05, 0) is 6.42 Å². The monoisotopic (exact) mass is 116 g/mol. The summed E-state index contributed by atoms with van der Waals surface area (Å²) in [5, 5.41) is 0. The van der Waals surface area contributed by atoms with Crippen molar-refractivity contribution >= 4 is 12.7 Å². The Bertz CT molecular complexity index is 195. The molecule has 1 heteroatoms. The van der Waals surface area contributed by atoms with E-state index in [1.54, 1.807) is 11.0 Å². The van der Waals surface area contributed by atoms with Crippen molar-refractivity contribution in [1.29, 1.82) is 0 Å². The van der Waals surface area contributed by atoms with Crippen LogP contribution in [0.3, 0.4) is 0 Å². The van der Waals surface area contributed by atoms with Crippen molar-refractivity contribution in [2.75, 3.05) is 0 Å². The Balaban J connectivity index is 2.54. The Hall–Kier alpha value is -0.715. The third-order valence-corrected chi connectivity index (χ3v) is 2.01. The lowest BCUT2D eigenvalue weighted by molar-refractivity contribution is 1.17. The molecule has 1 aromatic carbocycles. The van der Waals surface area contributed by atoms with Gasteiger partial charge in [-0.25, -0.2) is 0 Å². The van der Waals surface area contributed by atoms with Crippen LogP contribution in [0.5, 0.6) is 0 Å². The molecule has 0 amide bonds. The predicted octanol–water partition coefficient (Wildman–Crippen LogP) is 0.723. The maximum absolute atomic E-state index is 2.24. The minimum absolute atomic E-state index is 1.30. The maximum atomic E-state index is 2.24. The van der Waals surface area contributed by atoms with Crippen LogP contribution in [0.4, 0.5) is 0 Å². The molecule has 2 rings (SSSR count). The second-order valence-corrected chi connectivity index (χ2v) is 2.62. The molecule has 0 fully saturated rings. The number of fused-ring (bicyclic) bond motifs is 1. The number of benzene rings is 1. The Morgan fingerprint density at radius 2 is 2.11 bits per heavy atom. The molecule has 0 radical (unpaired) electrons. The second kappa shape index (κ2) is 1.91. The summed E-state index contributed by atoms with van der Waals surface area (Å²) in [7, 11) is 1.30. The van der Waals surface area contributed by atoms with Crippen LogP contribution in [-0.2, 0) is 6.42 Å². The summed E-state index contributed by atoms with van der Waals surface area (Å²) < 4.78 is 0. The normalized spacial score (nSPS) is 14.7. The van der Waals surface area contributed by atoms with Gasteiger partial charge in [-0.15, -0.1) is 0 Å². The smallest absolute Gasteiger partial charge is 0.0814 e. The molecule has 44 valence electrons. The van der Waals surface area contributed by atoms with Crippen LogP contribution >= 0.6 is 0 Å². The molecule has 0 aromatic heterocycles.